The Balaban J connectivity index is 1.75. The lowest BCUT2D eigenvalue weighted by molar-refractivity contribution is -0.120. The van der Waals surface area contributed by atoms with Crippen molar-refractivity contribution in [1.29, 1.82) is 0 Å². The molecule has 6 heteroatoms. The predicted octanol–water partition coefficient (Wildman–Crippen LogP) is 3.41. The number of anilines is 1. The van der Waals surface area contributed by atoms with Gasteiger partial charge in [-0.25, -0.2) is 0 Å². The predicted molar refractivity (Wildman–Crippen MR) is 87.5 cm³/mol. The van der Waals surface area contributed by atoms with Crippen molar-refractivity contribution in [1.82, 2.24) is 5.32 Å². The quantitative estimate of drug-likeness (QED) is 0.825. The SMILES string of the molecule is Cc1ccc(C(=O)NC2CC2)cc1NC(=O)C1(C)CC1(Cl)Cl. The number of alkyl halides is 2. The van der Waals surface area contributed by atoms with E-state index in [1.54, 1.807) is 19.1 Å². The highest BCUT2D eigenvalue weighted by molar-refractivity contribution is 6.53. The Kier molecular flexibility index (Phi) is 3.65. The smallest absolute Gasteiger partial charge is 0.251 e. The van der Waals surface area contributed by atoms with E-state index in [1.807, 2.05) is 13.0 Å². The minimum Gasteiger partial charge on any atom is -0.349 e. The number of halogens is 2. The highest BCUT2D eigenvalue weighted by Crippen LogP contribution is 2.64. The molecule has 1 atom stereocenters. The zero-order valence-electron chi connectivity index (χ0n) is 12.5. The second-order valence-corrected chi connectivity index (χ2v) is 7.93. The lowest BCUT2D eigenvalue weighted by Gasteiger charge is -2.15. The van der Waals surface area contributed by atoms with Crippen LogP contribution in [0.3, 0.4) is 0 Å². The molecule has 2 aliphatic rings. The second-order valence-electron chi connectivity index (χ2n) is 6.44. The van der Waals surface area contributed by atoms with Gasteiger partial charge in [0.15, 0.2) is 0 Å². The maximum Gasteiger partial charge on any atom is 0.251 e. The van der Waals surface area contributed by atoms with Crippen molar-refractivity contribution >= 4 is 40.7 Å². The van der Waals surface area contributed by atoms with Crippen molar-refractivity contribution in [2.45, 2.75) is 43.5 Å². The van der Waals surface area contributed by atoms with Crippen LogP contribution in [0.25, 0.3) is 0 Å². The van der Waals surface area contributed by atoms with E-state index in [1.165, 1.54) is 0 Å². The molecule has 1 aromatic rings. The third kappa shape index (κ3) is 2.82. The summed E-state index contributed by atoms with van der Waals surface area (Å²) in [7, 11) is 0. The molecule has 22 heavy (non-hydrogen) atoms. The molecular formula is C16H18Cl2N2O2. The first-order valence-electron chi connectivity index (χ1n) is 7.34. The molecule has 3 rings (SSSR count). The van der Waals surface area contributed by atoms with Crippen molar-refractivity contribution in [2.75, 3.05) is 5.32 Å². The average molecular weight is 341 g/mol. The molecule has 0 bridgehead atoms. The Hall–Kier alpha value is -1.26. The number of nitrogens with one attached hydrogen (secondary N) is 2. The number of amides is 2. The summed E-state index contributed by atoms with van der Waals surface area (Å²) in [4.78, 5) is 24.4. The largest absolute Gasteiger partial charge is 0.349 e. The summed E-state index contributed by atoms with van der Waals surface area (Å²) in [6.07, 6.45) is 2.50. The normalized spacial score (nSPS) is 25.5. The van der Waals surface area contributed by atoms with Crippen molar-refractivity contribution in [3.05, 3.63) is 29.3 Å². The number of carbonyl (C=O) groups excluding carboxylic acids is 2. The van der Waals surface area contributed by atoms with Gasteiger partial charge in [-0.05, 0) is 50.8 Å². The van der Waals surface area contributed by atoms with Gasteiger partial charge in [0.2, 0.25) is 5.91 Å². The van der Waals surface area contributed by atoms with Crippen LogP contribution in [0.1, 0.15) is 42.1 Å². The molecule has 2 saturated carbocycles. The van der Waals surface area contributed by atoms with Crippen LogP contribution in [-0.2, 0) is 4.79 Å². The Morgan fingerprint density at radius 3 is 2.45 bits per heavy atom. The van der Waals surface area contributed by atoms with Crippen LogP contribution in [-0.4, -0.2) is 22.2 Å². The minimum absolute atomic E-state index is 0.111. The summed E-state index contributed by atoms with van der Waals surface area (Å²) in [6.45, 7) is 3.61. The maximum absolute atomic E-state index is 12.4. The van der Waals surface area contributed by atoms with E-state index in [-0.39, 0.29) is 11.8 Å². The second kappa shape index (κ2) is 5.14. The van der Waals surface area contributed by atoms with E-state index in [0.717, 1.165) is 18.4 Å². The van der Waals surface area contributed by atoms with Gasteiger partial charge in [0.05, 0.1) is 5.41 Å². The van der Waals surface area contributed by atoms with Gasteiger partial charge in [0.1, 0.15) is 4.33 Å². The van der Waals surface area contributed by atoms with Crippen LogP contribution < -0.4 is 10.6 Å². The lowest BCUT2D eigenvalue weighted by atomic mass is 10.1. The Labute approximate surface area is 139 Å². The molecule has 1 unspecified atom stereocenters. The average Bonchev–Trinajstić information content (AvgIpc) is 3.32. The van der Waals surface area contributed by atoms with Crippen LogP contribution in [0.2, 0.25) is 0 Å². The molecule has 2 aliphatic carbocycles. The Bertz CT molecular complexity index is 656. The molecule has 1 aromatic carbocycles. The Morgan fingerprint density at radius 1 is 1.27 bits per heavy atom. The monoisotopic (exact) mass is 340 g/mol. The molecule has 2 fully saturated rings. The fraction of sp³-hybridized carbons (Fsp3) is 0.500. The van der Waals surface area contributed by atoms with Gasteiger partial charge >= 0.3 is 0 Å². The molecule has 2 amide bonds. The molecule has 0 heterocycles. The first kappa shape index (κ1) is 15.6. The summed E-state index contributed by atoms with van der Waals surface area (Å²) in [5.74, 6) is -0.333. The zero-order chi connectivity index (χ0) is 16.1. The summed E-state index contributed by atoms with van der Waals surface area (Å²) in [5.41, 5.74) is 1.26. The van der Waals surface area contributed by atoms with Crippen LogP contribution in [0.15, 0.2) is 18.2 Å². The minimum atomic E-state index is -1.01. The fourth-order valence-corrected chi connectivity index (χ4v) is 3.01. The van der Waals surface area contributed by atoms with Crippen LogP contribution in [0.5, 0.6) is 0 Å². The summed E-state index contributed by atoms with van der Waals surface area (Å²) in [5, 5.41) is 5.78. The highest BCUT2D eigenvalue weighted by Gasteiger charge is 2.67. The topological polar surface area (TPSA) is 58.2 Å². The number of benzene rings is 1. The van der Waals surface area contributed by atoms with Crippen LogP contribution >= 0.6 is 23.2 Å². The number of hydrogen-bond acceptors (Lipinski definition) is 2. The van der Waals surface area contributed by atoms with E-state index in [4.69, 9.17) is 23.2 Å². The third-order valence-corrected chi connectivity index (χ3v) is 5.52. The molecule has 0 saturated heterocycles. The molecular weight excluding hydrogens is 323 g/mol. The van der Waals surface area contributed by atoms with Gasteiger partial charge in [-0.15, -0.1) is 23.2 Å². The number of carbonyl (C=O) groups is 2. The van der Waals surface area contributed by atoms with Gasteiger partial charge in [-0.3, -0.25) is 9.59 Å². The molecule has 2 N–H and O–H groups in total. The van der Waals surface area contributed by atoms with Gasteiger partial charge in [0.25, 0.3) is 5.91 Å². The Morgan fingerprint density at radius 2 is 1.91 bits per heavy atom. The van der Waals surface area contributed by atoms with Crippen molar-refractivity contribution in [2.24, 2.45) is 5.41 Å². The molecule has 0 spiro atoms. The first-order chi connectivity index (χ1) is 10.2. The molecule has 118 valence electrons. The molecule has 0 radical (unpaired) electrons. The number of aryl methyl sites for hydroxylation is 1. The first-order valence-corrected chi connectivity index (χ1v) is 8.09. The zero-order valence-corrected chi connectivity index (χ0v) is 14.0. The van der Waals surface area contributed by atoms with Crippen LogP contribution in [0.4, 0.5) is 5.69 Å². The molecule has 0 aromatic heterocycles. The van der Waals surface area contributed by atoms with Gasteiger partial charge in [-0.2, -0.15) is 0 Å². The van der Waals surface area contributed by atoms with Crippen molar-refractivity contribution < 1.29 is 9.59 Å². The third-order valence-electron chi connectivity index (χ3n) is 4.42. The number of hydrogen-bond donors (Lipinski definition) is 2. The summed E-state index contributed by atoms with van der Waals surface area (Å²) < 4.78 is -1.01. The van der Waals surface area contributed by atoms with E-state index in [9.17, 15) is 9.59 Å². The van der Waals surface area contributed by atoms with Crippen molar-refractivity contribution in [3.63, 3.8) is 0 Å². The molecule has 4 nitrogen and oxygen atoms in total. The standard InChI is InChI=1S/C16H18Cl2N2O2/c1-9-3-4-10(13(21)19-11-5-6-11)7-12(9)20-14(22)15(2)8-16(15,17)18/h3-4,7,11H,5-6,8H2,1-2H3,(H,19,21)(H,20,22). The van der Waals surface area contributed by atoms with Crippen molar-refractivity contribution in [3.8, 4) is 0 Å². The van der Waals surface area contributed by atoms with E-state index < -0.39 is 9.75 Å². The molecule has 0 aliphatic heterocycles. The van der Waals surface area contributed by atoms with E-state index >= 15 is 0 Å². The summed E-state index contributed by atoms with van der Waals surface area (Å²) >= 11 is 12.1. The van der Waals surface area contributed by atoms with Gasteiger partial charge in [0, 0.05) is 17.3 Å². The van der Waals surface area contributed by atoms with Gasteiger partial charge in [-0.1, -0.05) is 6.07 Å². The summed E-state index contributed by atoms with van der Waals surface area (Å²) in [6, 6.07) is 5.57. The number of rotatable bonds is 4. The lowest BCUT2D eigenvalue weighted by Crippen LogP contribution is -2.27. The fourth-order valence-electron chi connectivity index (χ4n) is 2.30. The van der Waals surface area contributed by atoms with E-state index in [2.05, 4.69) is 10.6 Å². The maximum atomic E-state index is 12.4. The van der Waals surface area contributed by atoms with Crippen LogP contribution in [0, 0.1) is 12.3 Å². The van der Waals surface area contributed by atoms with E-state index in [0.29, 0.717) is 23.7 Å². The van der Waals surface area contributed by atoms with Gasteiger partial charge < -0.3 is 10.6 Å². The highest BCUT2D eigenvalue weighted by atomic mass is 35.5.